The van der Waals surface area contributed by atoms with Crippen LogP contribution in [0.5, 0.6) is 11.6 Å². The topological polar surface area (TPSA) is 183 Å². The Bertz CT molecular complexity index is 1690. The third-order valence-electron chi connectivity index (χ3n) is 9.11. The minimum Gasteiger partial charge on any atom is -0.487 e. The summed E-state index contributed by atoms with van der Waals surface area (Å²) in [6.45, 7) is 9.79. The van der Waals surface area contributed by atoms with E-state index in [1.165, 1.54) is 6.33 Å². The molecule has 1 saturated heterocycles. The summed E-state index contributed by atoms with van der Waals surface area (Å²) in [6, 6.07) is 8.40. The zero-order chi connectivity index (χ0) is 35.6. The van der Waals surface area contributed by atoms with E-state index in [1.807, 2.05) is 29.9 Å². The molecule has 3 aromatic heterocycles. The SMILES string of the molecule is C[C@@H]1CN(C2CCC(n3cc(Nc4ncc(-c5ccc(C#N)c(O[C@@H](C)Cn6cnnn6)c5)cn4)c(OCCCOCCO)n3)CC2)C[C@H](C)O1. The first kappa shape index (κ1) is 36.1. The minimum atomic E-state index is -0.281. The number of benzene rings is 1. The fraction of sp³-hybridized carbons (Fsp3) is 0.571. The Morgan fingerprint density at radius 3 is 2.51 bits per heavy atom. The van der Waals surface area contributed by atoms with Gasteiger partial charge in [0.1, 0.15) is 29.9 Å². The number of aromatic nitrogens is 8. The lowest BCUT2D eigenvalue weighted by Gasteiger charge is -2.42. The molecule has 0 unspecified atom stereocenters. The summed E-state index contributed by atoms with van der Waals surface area (Å²) in [7, 11) is 0. The lowest BCUT2D eigenvalue weighted by molar-refractivity contribution is -0.0852. The van der Waals surface area contributed by atoms with Crippen LogP contribution in [0.15, 0.2) is 43.1 Å². The molecule has 1 aromatic carbocycles. The summed E-state index contributed by atoms with van der Waals surface area (Å²) in [5.74, 6) is 1.33. The third kappa shape index (κ3) is 9.76. The number of aliphatic hydroxyl groups excluding tert-OH is 1. The van der Waals surface area contributed by atoms with E-state index >= 15 is 0 Å². The average molecular weight is 702 g/mol. The normalized spacial score (nSPS) is 21.5. The first-order valence-corrected chi connectivity index (χ1v) is 17.7. The van der Waals surface area contributed by atoms with Gasteiger partial charge in [0.15, 0.2) is 0 Å². The molecule has 6 rings (SSSR count). The van der Waals surface area contributed by atoms with E-state index in [0.717, 1.165) is 49.9 Å². The first-order valence-electron chi connectivity index (χ1n) is 17.7. The summed E-state index contributed by atoms with van der Waals surface area (Å²) in [5.41, 5.74) is 2.67. The molecule has 16 heteroatoms. The maximum Gasteiger partial charge on any atom is 0.256 e. The largest absolute Gasteiger partial charge is 0.487 e. The molecule has 0 amide bonds. The number of hydrogen-bond donors (Lipinski definition) is 2. The maximum absolute atomic E-state index is 9.68. The van der Waals surface area contributed by atoms with Crippen molar-refractivity contribution in [1.82, 2.24) is 44.9 Å². The first-order chi connectivity index (χ1) is 24.9. The van der Waals surface area contributed by atoms with Gasteiger partial charge in [-0.2, -0.15) is 5.26 Å². The molecule has 1 saturated carbocycles. The number of tetrazole rings is 1. The number of aliphatic hydroxyl groups is 1. The van der Waals surface area contributed by atoms with E-state index in [-0.39, 0.29) is 31.0 Å². The van der Waals surface area contributed by atoms with Crippen molar-refractivity contribution in [3.05, 3.63) is 48.7 Å². The zero-order valence-electron chi connectivity index (χ0n) is 29.5. The van der Waals surface area contributed by atoms with Crippen molar-refractivity contribution in [3.8, 4) is 28.8 Å². The Morgan fingerprint density at radius 1 is 1.04 bits per heavy atom. The summed E-state index contributed by atoms with van der Waals surface area (Å²) in [6.07, 6.45) is 12.1. The second kappa shape index (κ2) is 17.5. The molecular weight excluding hydrogens is 654 g/mol. The van der Waals surface area contributed by atoms with Crippen LogP contribution < -0.4 is 14.8 Å². The van der Waals surface area contributed by atoms with E-state index in [2.05, 4.69) is 55.6 Å². The van der Waals surface area contributed by atoms with E-state index in [1.54, 1.807) is 23.1 Å². The summed E-state index contributed by atoms with van der Waals surface area (Å²) in [5, 5.41) is 38.0. The predicted molar refractivity (Wildman–Crippen MR) is 186 cm³/mol. The Morgan fingerprint density at radius 2 is 1.80 bits per heavy atom. The third-order valence-corrected chi connectivity index (χ3v) is 9.11. The van der Waals surface area contributed by atoms with Crippen LogP contribution in [0.1, 0.15) is 64.5 Å². The van der Waals surface area contributed by atoms with Crippen molar-refractivity contribution >= 4 is 11.6 Å². The van der Waals surface area contributed by atoms with E-state index in [0.29, 0.717) is 67.7 Å². The van der Waals surface area contributed by atoms with Crippen LogP contribution in [0.3, 0.4) is 0 Å². The smallest absolute Gasteiger partial charge is 0.256 e. The summed E-state index contributed by atoms with van der Waals surface area (Å²) in [4.78, 5) is 11.8. The number of nitrogens with zero attached hydrogens (tertiary/aromatic N) is 10. The average Bonchev–Trinajstić information content (AvgIpc) is 3.79. The van der Waals surface area contributed by atoms with Gasteiger partial charge in [-0.1, -0.05) is 6.07 Å². The minimum absolute atomic E-state index is 0.00768. The molecule has 0 radical (unpaired) electrons. The number of nitriles is 1. The van der Waals surface area contributed by atoms with Crippen LogP contribution in [0, 0.1) is 11.3 Å². The van der Waals surface area contributed by atoms with Crippen LogP contribution in [0.4, 0.5) is 11.6 Å². The number of nitrogens with one attached hydrogen (secondary N) is 1. The van der Waals surface area contributed by atoms with Crippen LogP contribution in [0.2, 0.25) is 0 Å². The van der Waals surface area contributed by atoms with Gasteiger partial charge in [-0.25, -0.2) is 14.6 Å². The second-order valence-electron chi connectivity index (χ2n) is 13.2. The van der Waals surface area contributed by atoms with Crippen molar-refractivity contribution < 1.29 is 24.1 Å². The van der Waals surface area contributed by atoms with Crippen LogP contribution >= 0.6 is 0 Å². The predicted octanol–water partition coefficient (Wildman–Crippen LogP) is 3.78. The Balaban J connectivity index is 1.12. The summed E-state index contributed by atoms with van der Waals surface area (Å²) >= 11 is 0. The second-order valence-corrected chi connectivity index (χ2v) is 13.2. The van der Waals surface area contributed by atoms with Gasteiger partial charge in [0.2, 0.25) is 5.95 Å². The zero-order valence-corrected chi connectivity index (χ0v) is 29.5. The molecule has 4 aromatic rings. The highest BCUT2D eigenvalue weighted by Gasteiger charge is 2.32. The van der Waals surface area contributed by atoms with E-state index in [9.17, 15) is 5.26 Å². The van der Waals surface area contributed by atoms with Gasteiger partial charge in [0.05, 0.1) is 56.4 Å². The van der Waals surface area contributed by atoms with Crippen LogP contribution in [-0.2, 0) is 16.0 Å². The Hall–Kier alpha value is -4.69. The Labute approximate surface area is 297 Å². The molecule has 4 heterocycles. The Kier molecular flexibility index (Phi) is 12.4. The van der Waals surface area contributed by atoms with Crippen molar-refractivity contribution in [2.75, 3.05) is 44.8 Å². The van der Waals surface area contributed by atoms with Crippen LogP contribution in [0.25, 0.3) is 11.1 Å². The number of hydrogen-bond acceptors (Lipinski definition) is 14. The molecule has 1 aliphatic heterocycles. The highest BCUT2D eigenvalue weighted by molar-refractivity contribution is 5.67. The van der Waals surface area contributed by atoms with Crippen molar-refractivity contribution in [2.24, 2.45) is 0 Å². The molecule has 2 N–H and O–H groups in total. The van der Waals surface area contributed by atoms with Gasteiger partial charge in [-0.3, -0.25) is 9.58 Å². The van der Waals surface area contributed by atoms with E-state index < -0.39 is 0 Å². The standard InChI is InChI=1S/C35H47N11O5/c1-24-19-44(20-25(2)50-24)30-7-9-31(10-8-30)46-22-32(34(41-46)49-13-4-12-48-14-11-47)40-35-37-17-29(18-38-35)27-5-6-28(16-36)33(15-27)51-26(3)21-45-23-39-42-43-45/h5-6,15,17-18,22-26,30-31,47H,4,7-14,19-21H2,1-3H3,(H,37,38,40)/t24-,25+,26-,30?,31?/m0/s1. The van der Waals surface area contributed by atoms with E-state index in [4.69, 9.17) is 29.2 Å². The van der Waals surface area contributed by atoms with Crippen molar-refractivity contribution in [3.63, 3.8) is 0 Å². The number of rotatable bonds is 16. The molecule has 0 spiro atoms. The molecule has 0 bridgehead atoms. The fourth-order valence-corrected chi connectivity index (χ4v) is 6.79. The summed E-state index contributed by atoms with van der Waals surface area (Å²) < 4.78 is 27.2. The van der Waals surface area contributed by atoms with Gasteiger partial charge >= 0.3 is 0 Å². The van der Waals surface area contributed by atoms with Gasteiger partial charge in [-0.05, 0) is 74.6 Å². The monoisotopic (exact) mass is 701 g/mol. The van der Waals surface area contributed by atoms with Gasteiger partial charge in [0, 0.05) is 50.1 Å². The lowest BCUT2D eigenvalue weighted by Crippen LogP contribution is -2.51. The molecule has 1 aliphatic carbocycles. The molecule has 3 atom stereocenters. The van der Waals surface area contributed by atoms with Crippen molar-refractivity contribution in [1.29, 1.82) is 5.26 Å². The highest BCUT2D eigenvalue weighted by atomic mass is 16.5. The maximum atomic E-state index is 9.68. The number of ether oxygens (including phenoxy) is 4. The molecular formula is C35H47N11O5. The lowest BCUT2D eigenvalue weighted by atomic mass is 9.89. The van der Waals surface area contributed by atoms with Gasteiger partial charge in [0.25, 0.3) is 5.88 Å². The highest BCUT2D eigenvalue weighted by Crippen LogP contribution is 2.35. The van der Waals surface area contributed by atoms with Crippen LogP contribution in [-0.4, -0.2) is 114 Å². The number of morpholine rings is 1. The molecule has 2 fully saturated rings. The quantitative estimate of drug-likeness (QED) is 0.161. The molecule has 16 nitrogen and oxygen atoms in total. The molecule has 2 aliphatic rings. The molecule has 272 valence electrons. The molecule has 51 heavy (non-hydrogen) atoms. The fourth-order valence-electron chi connectivity index (χ4n) is 6.79. The number of anilines is 2. The van der Waals surface area contributed by atoms with Crippen molar-refractivity contribution in [2.45, 2.75) is 89.8 Å². The van der Waals surface area contributed by atoms with Gasteiger partial charge in [-0.15, -0.1) is 10.2 Å². The van der Waals surface area contributed by atoms with Gasteiger partial charge < -0.3 is 29.4 Å².